The van der Waals surface area contributed by atoms with E-state index in [1.807, 2.05) is 32.9 Å². The fourth-order valence-corrected chi connectivity index (χ4v) is 3.09. The average Bonchev–Trinajstić information content (AvgIpc) is 2.69. The maximum absolute atomic E-state index is 12.1. The van der Waals surface area contributed by atoms with Gasteiger partial charge < -0.3 is 20.7 Å². The Bertz CT molecular complexity index is 1090. The van der Waals surface area contributed by atoms with Gasteiger partial charge in [-0.1, -0.05) is 6.07 Å². The quantitative estimate of drug-likeness (QED) is 0.476. The molecule has 0 aliphatic heterocycles. The lowest BCUT2D eigenvalue weighted by Gasteiger charge is -2.24. The number of amides is 2. The molecule has 1 aromatic carbocycles. The highest BCUT2D eigenvalue weighted by atomic mass is 16.6. The predicted molar refractivity (Wildman–Crippen MR) is 118 cm³/mol. The number of nitrogens with zero attached hydrogens (tertiary/aromatic N) is 3. The van der Waals surface area contributed by atoms with Gasteiger partial charge in [-0.15, -0.1) is 0 Å². The third-order valence-electron chi connectivity index (χ3n) is 4.55. The summed E-state index contributed by atoms with van der Waals surface area (Å²) in [6, 6.07) is 7.12. The third kappa shape index (κ3) is 4.94. The van der Waals surface area contributed by atoms with Crippen LogP contribution in [0.1, 0.15) is 37.6 Å². The zero-order valence-corrected chi connectivity index (χ0v) is 17.7. The van der Waals surface area contributed by atoms with Crippen molar-refractivity contribution in [2.75, 3.05) is 25.5 Å². The number of aromatic nitrogens is 2. The molecule has 0 unspecified atom stereocenters. The van der Waals surface area contributed by atoms with Gasteiger partial charge in [-0.25, -0.2) is 9.78 Å². The molecular weight excluding hydrogens is 382 g/mol. The summed E-state index contributed by atoms with van der Waals surface area (Å²) in [5, 5.41) is 6.11. The summed E-state index contributed by atoms with van der Waals surface area (Å²) in [6.07, 6.45) is 3.87. The second kappa shape index (κ2) is 8.52. The highest BCUT2D eigenvalue weighted by Gasteiger charge is 2.19. The van der Waals surface area contributed by atoms with E-state index < -0.39 is 11.5 Å². The molecule has 8 heteroatoms. The molecule has 0 aliphatic carbocycles. The number of primary amides is 1. The maximum Gasteiger partial charge on any atom is 0.410 e. The van der Waals surface area contributed by atoms with Crippen LogP contribution in [0.5, 0.6) is 0 Å². The summed E-state index contributed by atoms with van der Waals surface area (Å²) in [4.78, 5) is 34.1. The molecule has 0 fully saturated rings. The summed E-state index contributed by atoms with van der Waals surface area (Å²) < 4.78 is 5.36. The molecule has 3 aromatic rings. The van der Waals surface area contributed by atoms with Crippen LogP contribution >= 0.6 is 0 Å². The zero-order valence-electron chi connectivity index (χ0n) is 17.7. The number of nitrogens with two attached hydrogens (primary N) is 1. The van der Waals surface area contributed by atoms with Crippen molar-refractivity contribution in [3.8, 4) is 0 Å². The van der Waals surface area contributed by atoms with Crippen molar-refractivity contribution >= 4 is 39.5 Å². The van der Waals surface area contributed by atoms with Crippen molar-refractivity contribution in [3.63, 3.8) is 0 Å². The van der Waals surface area contributed by atoms with E-state index in [0.29, 0.717) is 36.4 Å². The first kappa shape index (κ1) is 21.3. The Kier molecular flexibility index (Phi) is 6.05. The van der Waals surface area contributed by atoms with Crippen LogP contribution in [0.4, 0.5) is 10.6 Å². The number of hydrogen-bond donors (Lipinski definition) is 2. The SMILES string of the molecule is CN(CCCNc1nc2cc(C(N)=O)ccc2c2cnccc12)C(=O)OC(C)(C)C. The number of nitrogens with one attached hydrogen (secondary N) is 1. The Morgan fingerprint density at radius 3 is 2.63 bits per heavy atom. The lowest BCUT2D eigenvalue weighted by atomic mass is 10.1. The second-order valence-corrected chi connectivity index (χ2v) is 8.16. The first-order valence-electron chi connectivity index (χ1n) is 9.81. The Labute approximate surface area is 175 Å². The predicted octanol–water partition coefficient (Wildman–Crippen LogP) is 3.55. The first-order chi connectivity index (χ1) is 14.2. The normalized spacial score (nSPS) is 11.5. The van der Waals surface area contributed by atoms with E-state index in [4.69, 9.17) is 15.5 Å². The van der Waals surface area contributed by atoms with Crippen molar-refractivity contribution in [2.45, 2.75) is 32.8 Å². The molecule has 0 spiro atoms. The number of anilines is 1. The van der Waals surface area contributed by atoms with Crippen LogP contribution < -0.4 is 11.1 Å². The summed E-state index contributed by atoms with van der Waals surface area (Å²) in [7, 11) is 1.72. The number of benzene rings is 1. The third-order valence-corrected chi connectivity index (χ3v) is 4.55. The molecule has 158 valence electrons. The number of carbonyl (C=O) groups excluding carboxylic acids is 2. The molecule has 0 saturated carbocycles. The molecule has 8 nitrogen and oxygen atoms in total. The Morgan fingerprint density at radius 2 is 1.93 bits per heavy atom. The smallest absolute Gasteiger partial charge is 0.410 e. The summed E-state index contributed by atoms with van der Waals surface area (Å²) in [5.41, 5.74) is 5.96. The second-order valence-electron chi connectivity index (χ2n) is 8.16. The number of hydrogen-bond acceptors (Lipinski definition) is 6. The molecule has 2 heterocycles. The fraction of sp³-hybridized carbons (Fsp3) is 0.364. The van der Waals surface area contributed by atoms with Crippen LogP contribution in [-0.2, 0) is 4.74 Å². The van der Waals surface area contributed by atoms with Gasteiger partial charge in [-0.05, 0) is 45.4 Å². The van der Waals surface area contributed by atoms with Crippen molar-refractivity contribution in [2.24, 2.45) is 5.73 Å². The van der Waals surface area contributed by atoms with Crippen LogP contribution in [0.2, 0.25) is 0 Å². The number of carbonyl (C=O) groups is 2. The van der Waals surface area contributed by atoms with Gasteiger partial charge in [0, 0.05) is 54.3 Å². The van der Waals surface area contributed by atoms with E-state index >= 15 is 0 Å². The molecule has 0 radical (unpaired) electrons. The maximum atomic E-state index is 12.1. The minimum atomic E-state index is -0.519. The molecule has 0 atom stereocenters. The van der Waals surface area contributed by atoms with Crippen molar-refractivity contribution in [1.82, 2.24) is 14.9 Å². The standard InChI is InChI=1S/C22H27N5O3/c1-22(2,3)30-21(29)27(4)11-5-9-25-20-16-8-10-24-13-17(16)15-7-6-14(19(23)28)12-18(15)26-20/h6-8,10,12-13H,5,9,11H2,1-4H3,(H2,23,28)(H,25,26). The molecule has 30 heavy (non-hydrogen) atoms. The van der Waals surface area contributed by atoms with Gasteiger partial charge >= 0.3 is 6.09 Å². The van der Waals surface area contributed by atoms with E-state index in [1.54, 1.807) is 36.5 Å². The lowest BCUT2D eigenvalue weighted by Crippen LogP contribution is -2.35. The molecule has 0 saturated heterocycles. The summed E-state index contributed by atoms with van der Waals surface area (Å²) in [6.45, 7) is 6.68. The van der Waals surface area contributed by atoms with E-state index in [2.05, 4.69) is 10.3 Å². The van der Waals surface area contributed by atoms with Crippen LogP contribution in [0.25, 0.3) is 21.7 Å². The number of rotatable bonds is 6. The van der Waals surface area contributed by atoms with Gasteiger partial charge in [0.15, 0.2) is 0 Å². The van der Waals surface area contributed by atoms with Gasteiger partial charge in [0.25, 0.3) is 0 Å². The molecule has 3 N–H and O–H groups in total. The molecule has 0 aliphatic rings. The van der Waals surface area contributed by atoms with E-state index in [0.717, 1.165) is 16.2 Å². The van der Waals surface area contributed by atoms with Crippen molar-refractivity contribution in [1.29, 1.82) is 0 Å². The summed E-state index contributed by atoms with van der Waals surface area (Å²) in [5.74, 6) is 0.200. The highest BCUT2D eigenvalue weighted by Crippen LogP contribution is 2.29. The Hall–Kier alpha value is -3.42. The topological polar surface area (TPSA) is 110 Å². The zero-order chi connectivity index (χ0) is 21.9. The monoisotopic (exact) mass is 409 g/mol. The van der Waals surface area contributed by atoms with E-state index in [1.165, 1.54) is 0 Å². The largest absolute Gasteiger partial charge is 0.444 e. The van der Waals surface area contributed by atoms with Crippen molar-refractivity contribution < 1.29 is 14.3 Å². The fourth-order valence-electron chi connectivity index (χ4n) is 3.09. The number of fused-ring (bicyclic) bond motifs is 3. The van der Waals surface area contributed by atoms with Crippen LogP contribution in [0.3, 0.4) is 0 Å². The van der Waals surface area contributed by atoms with E-state index in [9.17, 15) is 9.59 Å². The Morgan fingerprint density at radius 1 is 1.17 bits per heavy atom. The van der Waals surface area contributed by atoms with Crippen LogP contribution in [0.15, 0.2) is 36.7 Å². The molecule has 0 bridgehead atoms. The average molecular weight is 409 g/mol. The molecule has 2 aromatic heterocycles. The van der Waals surface area contributed by atoms with Crippen LogP contribution in [0, 0.1) is 0 Å². The number of pyridine rings is 2. The Balaban J connectivity index is 1.75. The molecular formula is C22H27N5O3. The minimum absolute atomic E-state index is 0.346. The van der Waals surface area contributed by atoms with Crippen molar-refractivity contribution in [3.05, 3.63) is 42.2 Å². The highest BCUT2D eigenvalue weighted by molar-refractivity contribution is 6.11. The van der Waals surface area contributed by atoms with Gasteiger partial charge in [0.1, 0.15) is 11.4 Å². The van der Waals surface area contributed by atoms with Crippen LogP contribution in [-0.4, -0.2) is 52.6 Å². The van der Waals surface area contributed by atoms with E-state index in [-0.39, 0.29) is 6.09 Å². The van der Waals surface area contributed by atoms with Gasteiger partial charge in [0.05, 0.1) is 5.52 Å². The first-order valence-corrected chi connectivity index (χ1v) is 9.81. The summed E-state index contributed by atoms with van der Waals surface area (Å²) >= 11 is 0. The lowest BCUT2D eigenvalue weighted by molar-refractivity contribution is 0.0298. The molecule has 2 amide bonds. The van der Waals surface area contributed by atoms with Gasteiger partial charge in [-0.2, -0.15) is 0 Å². The molecule has 3 rings (SSSR count). The minimum Gasteiger partial charge on any atom is -0.444 e. The number of ether oxygens (including phenoxy) is 1. The van der Waals surface area contributed by atoms with Gasteiger partial charge in [0.2, 0.25) is 5.91 Å². The van der Waals surface area contributed by atoms with Gasteiger partial charge in [-0.3, -0.25) is 9.78 Å².